The number of rotatable bonds is 3. The number of aryl methyl sites for hydroxylation is 1. The summed E-state index contributed by atoms with van der Waals surface area (Å²) < 4.78 is 2.12. The Labute approximate surface area is 160 Å². The van der Waals surface area contributed by atoms with Crippen LogP contribution in [0.4, 0.5) is 11.6 Å². The number of imidazole rings is 1. The highest BCUT2D eigenvalue weighted by molar-refractivity contribution is 6.36. The molecule has 0 aliphatic carbocycles. The number of hydrogen-bond acceptors (Lipinski definition) is 3. The predicted octanol–water partition coefficient (Wildman–Crippen LogP) is 4.98. The molecule has 1 aromatic heterocycles. The number of benzene rings is 2. The second-order valence-electron chi connectivity index (χ2n) is 6.05. The summed E-state index contributed by atoms with van der Waals surface area (Å²) in [5.41, 5.74) is 3.43. The molecule has 132 valence electrons. The minimum Gasteiger partial charge on any atom is -0.478 e. The van der Waals surface area contributed by atoms with E-state index < -0.39 is 5.97 Å². The third kappa shape index (κ3) is 2.93. The number of halogens is 2. The maximum atomic E-state index is 10.9. The second-order valence-corrected chi connectivity index (χ2v) is 6.89. The van der Waals surface area contributed by atoms with E-state index in [0.29, 0.717) is 10.0 Å². The molecule has 3 aromatic rings. The van der Waals surface area contributed by atoms with Gasteiger partial charge in [0.25, 0.3) is 0 Å². The van der Waals surface area contributed by atoms with E-state index in [-0.39, 0.29) is 0 Å². The fourth-order valence-corrected chi connectivity index (χ4v) is 3.84. The number of aliphatic carboxylic acids is 1. The molecule has 0 spiro atoms. The average molecular weight is 388 g/mol. The lowest BCUT2D eigenvalue weighted by Crippen LogP contribution is -2.28. The van der Waals surface area contributed by atoms with E-state index in [1.54, 1.807) is 12.1 Å². The second kappa shape index (κ2) is 6.67. The van der Waals surface area contributed by atoms with Crippen LogP contribution in [0, 0.1) is 0 Å². The topological polar surface area (TPSA) is 58.4 Å². The van der Waals surface area contributed by atoms with Gasteiger partial charge in [0.15, 0.2) is 0 Å². The van der Waals surface area contributed by atoms with Crippen LogP contribution in [0.1, 0.15) is 12.0 Å². The van der Waals surface area contributed by atoms with Crippen LogP contribution in [0.25, 0.3) is 17.1 Å². The van der Waals surface area contributed by atoms with Gasteiger partial charge in [0.2, 0.25) is 5.95 Å². The van der Waals surface area contributed by atoms with Crippen LogP contribution in [0.5, 0.6) is 0 Å². The van der Waals surface area contributed by atoms with E-state index in [2.05, 4.69) is 9.47 Å². The molecule has 0 bridgehead atoms. The Bertz CT molecular complexity index is 1040. The Hall–Kier alpha value is -2.50. The quantitative estimate of drug-likeness (QED) is 0.643. The summed E-state index contributed by atoms with van der Waals surface area (Å²) in [6.07, 6.45) is 3.67. The number of para-hydroxylation sites is 1. The third-order valence-corrected chi connectivity index (χ3v) is 4.93. The first kappa shape index (κ1) is 16.9. The summed E-state index contributed by atoms with van der Waals surface area (Å²) in [4.78, 5) is 17.7. The number of carboxylic acids is 1. The molecule has 0 atom stereocenters. The van der Waals surface area contributed by atoms with Gasteiger partial charge < -0.3 is 14.6 Å². The smallest absolute Gasteiger partial charge is 0.328 e. The molecule has 0 radical (unpaired) electrons. The number of nitrogens with zero attached hydrogens (tertiary/aromatic N) is 3. The molecular formula is C19H15Cl2N3O2. The van der Waals surface area contributed by atoms with Gasteiger partial charge in [-0.05, 0) is 36.8 Å². The first-order valence-corrected chi connectivity index (χ1v) is 8.93. The zero-order valence-electron chi connectivity index (χ0n) is 13.7. The molecule has 0 unspecified atom stereocenters. The molecule has 2 aromatic carbocycles. The number of carboxylic acid groups (broad SMARTS) is 1. The minimum atomic E-state index is -0.977. The number of aromatic nitrogens is 2. The highest BCUT2D eigenvalue weighted by Gasteiger charge is 2.25. The Kier molecular flexibility index (Phi) is 4.34. The van der Waals surface area contributed by atoms with Gasteiger partial charge in [0.05, 0.1) is 21.7 Å². The van der Waals surface area contributed by atoms with Gasteiger partial charge in [-0.2, -0.15) is 0 Å². The predicted molar refractivity (Wildman–Crippen MR) is 104 cm³/mol. The summed E-state index contributed by atoms with van der Waals surface area (Å²) in [6, 6.07) is 11.1. The third-order valence-electron chi connectivity index (χ3n) is 4.39. The summed E-state index contributed by atoms with van der Waals surface area (Å²) in [5, 5.41) is 10.1. The van der Waals surface area contributed by atoms with Crippen molar-refractivity contribution in [3.63, 3.8) is 0 Å². The van der Waals surface area contributed by atoms with Crippen LogP contribution in [0.2, 0.25) is 10.0 Å². The number of anilines is 2. The lowest BCUT2D eigenvalue weighted by molar-refractivity contribution is -0.131. The number of fused-ring (bicyclic) bond motifs is 3. The van der Waals surface area contributed by atoms with Gasteiger partial charge in [0, 0.05) is 29.8 Å². The normalized spacial score (nSPS) is 14.2. The fraction of sp³-hybridized carbons (Fsp3) is 0.158. The van der Waals surface area contributed by atoms with Crippen LogP contribution in [-0.2, 0) is 11.3 Å². The summed E-state index contributed by atoms with van der Waals surface area (Å²) in [6.45, 7) is 1.61. The van der Waals surface area contributed by atoms with Gasteiger partial charge in [-0.15, -0.1) is 0 Å². The molecule has 7 heteroatoms. The average Bonchev–Trinajstić information content (AvgIpc) is 2.99. The molecule has 1 aliphatic heterocycles. The standard InChI is InChI=1S/C19H15Cl2N3O2/c20-13-6-7-16(14(21)11-13)23-9-2-10-24-18-12(5-8-17(25)26)3-1-4-15(18)22-19(23)24/h1,3-8,11H,2,9-10H2,(H,25,26)/b8-5+. The van der Waals surface area contributed by atoms with Crippen LogP contribution >= 0.6 is 23.2 Å². The van der Waals surface area contributed by atoms with E-state index in [4.69, 9.17) is 33.3 Å². The molecule has 5 nitrogen and oxygen atoms in total. The van der Waals surface area contributed by atoms with E-state index in [9.17, 15) is 4.79 Å². The van der Waals surface area contributed by atoms with Gasteiger partial charge in [0.1, 0.15) is 0 Å². The Morgan fingerprint density at radius 2 is 2.04 bits per heavy atom. The van der Waals surface area contributed by atoms with Crippen molar-refractivity contribution in [2.24, 2.45) is 0 Å². The maximum Gasteiger partial charge on any atom is 0.328 e. The molecule has 2 heterocycles. The highest BCUT2D eigenvalue weighted by Crippen LogP contribution is 2.37. The first-order valence-electron chi connectivity index (χ1n) is 8.17. The van der Waals surface area contributed by atoms with Crippen molar-refractivity contribution < 1.29 is 9.90 Å². The lowest BCUT2D eigenvalue weighted by atomic mass is 10.1. The van der Waals surface area contributed by atoms with Crippen LogP contribution < -0.4 is 4.90 Å². The van der Waals surface area contributed by atoms with Gasteiger partial charge in [-0.1, -0.05) is 35.3 Å². The number of hydrogen-bond donors (Lipinski definition) is 1. The monoisotopic (exact) mass is 387 g/mol. The van der Waals surface area contributed by atoms with Crippen molar-refractivity contribution in [1.82, 2.24) is 9.55 Å². The van der Waals surface area contributed by atoms with E-state index in [1.807, 2.05) is 30.3 Å². The zero-order chi connectivity index (χ0) is 18.3. The van der Waals surface area contributed by atoms with E-state index >= 15 is 0 Å². The molecule has 26 heavy (non-hydrogen) atoms. The SMILES string of the molecule is O=C(O)/C=C/c1cccc2nc3n(c12)CCCN3c1ccc(Cl)cc1Cl. The maximum absolute atomic E-state index is 10.9. The zero-order valence-corrected chi connectivity index (χ0v) is 15.2. The Morgan fingerprint density at radius 3 is 2.81 bits per heavy atom. The molecule has 1 aliphatic rings. The Morgan fingerprint density at radius 1 is 1.19 bits per heavy atom. The van der Waals surface area contributed by atoms with Crippen LogP contribution in [0.3, 0.4) is 0 Å². The largest absolute Gasteiger partial charge is 0.478 e. The van der Waals surface area contributed by atoms with Crippen molar-refractivity contribution in [1.29, 1.82) is 0 Å². The molecule has 4 rings (SSSR count). The Balaban J connectivity index is 1.88. The first-order chi connectivity index (χ1) is 12.5. The van der Waals surface area contributed by atoms with Crippen molar-refractivity contribution in [3.05, 3.63) is 58.1 Å². The van der Waals surface area contributed by atoms with Crippen molar-refractivity contribution in [2.45, 2.75) is 13.0 Å². The molecule has 0 amide bonds. The molecular weight excluding hydrogens is 373 g/mol. The van der Waals surface area contributed by atoms with Gasteiger partial charge >= 0.3 is 5.97 Å². The number of carbonyl (C=O) groups is 1. The van der Waals surface area contributed by atoms with Crippen LogP contribution in [-0.4, -0.2) is 27.2 Å². The van der Waals surface area contributed by atoms with Crippen molar-refractivity contribution >= 4 is 57.9 Å². The van der Waals surface area contributed by atoms with Crippen molar-refractivity contribution in [3.8, 4) is 0 Å². The highest BCUT2D eigenvalue weighted by atomic mass is 35.5. The summed E-state index contributed by atoms with van der Waals surface area (Å²) in [5.74, 6) is -0.179. The molecule has 0 fully saturated rings. The van der Waals surface area contributed by atoms with Crippen molar-refractivity contribution in [2.75, 3.05) is 11.4 Å². The summed E-state index contributed by atoms with van der Waals surface area (Å²) >= 11 is 12.4. The molecule has 0 saturated carbocycles. The van der Waals surface area contributed by atoms with Gasteiger partial charge in [-0.3, -0.25) is 0 Å². The fourth-order valence-electron chi connectivity index (χ4n) is 3.33. The van der Waals surface area contributed by atoms with E-state index in [0.717, 1.165) is 53.8 Å². The summed E-state index contributed by atoms with van der Waals surface area (Å²) in [7, 11) is 0. The lowest BCUT2D eigenvalue weighted by Gasteiger charge is -2.30. The van der Waals surface area contributed by atoms with Gasteiger partial charge in [-0.25, -0.2) is 9.78 Å². The van der Waals surface area contributed by atoms with E-state index in [1.165, 1.54) is 0 Å². The molecule has 0 saturated heterocycles. The van der Waals surface area contributed by atoms with Crippen LogP contribution in [0.15, 0.2) is 42.5 Å². The minimum absolute atomic E-state index is 0.573. The molecule has 1 N–H and O–H groups in total.